The zero-order valence-electron chi connectivity index (χ0n) is 11.6. The summed E-state index contributed by atoms with van der Waals surface area (Å²) in [5.41, 5.74) is 4.19. The second-order valence-corrected chi connectivity index (χ2v) is 5.79. The van der Waals surface area contributed by atoms with E-state index in [-0.39, 0.29) is 0 Å². The monoisotopic (exact) mass is 231 g/mol. The molecule has 0 amide bonds. The summed E-state index contributed by atoms with van der Waals surface area (Å²) in [4.78, 5) is 0. The van der Waals surface area contributed by atoms with Crippen LogP contribution in [0, 0.1) is 25.7 Å². The predicted molar refractivity (Wildman–Crippen MR) is 74.2 cm³/mol. The van der Waals surface area contributed by atoms with Gasteiger partial charge in [-0.15, -0.1) is 0 Å². The van der Waals surface area contributed by atoms with Crippen LogP contribution < -0.4 is 5.32 Å². The van der Waals surface area contributed by atoms with E-state index in [4.69, 9.17) is 0 Å². The fourth-order valence-electron chi connectivity index (χ4n) is 2.35. The maximum absolute atomic E-state index is 3.67. The summed E-state index contributed by atoms with van der Waals surface area (Å²) in [6.45, 7) is 10.2. The molecule has 1 N–H and O–H groups in total. The predicted octanol–water partition coefficient (Wildman–Crippen LogP) is 4.00. The van der Waals surface area contributed by atoms with Gasteiger partial charge in [0, 0.05) is 6.04 Å². The molecular weight excluding hydrogens is 206 g/mol. The standard InChI is InChI=1S/C16H25N/c1-11-5-6-16(9-12(11)2)14(4)17-10-13(3)15-7-8-15/h5-6,9,13-15,17H,7-8,10H2,1-4H3. The molecule has 1 aliphatic carbocycles. The summed E-state index contributed by atoms with van der Waals surface area (Å²) < 4.78 is 0. The highest BCUT2D eigenvalue weighted by atomic mass is 14.9. The number of hydrogen-bond donors (Lipinski definition) is 1. The molecule has 1 aromatic carbocycles. The van der Waals surface area contributed by atoms with Gasteiger partial charge in [-0.1, -0.05) is 25.1 Å². The molecule has 1 nitrogen and oxygen atoms in total. The Morgan fingerprint density at radius 1 is 1.18 bits per heavy atom. The first-order valence-electron chi connectivity index (χ1n) is 6.88. The first kappa shape index (κ1) is 12.6. The van der Waals surface area contributed by atoms with Crippen LogP contribution >= 0.6 is 0 Å². The van der Waals surface area contributed by atoms with Crippen LogP contribution in [0.1, 0.15) is 49.4 Å². The van der Waals surface area contributed by atoms with E-state index in [9.17, 15) is 0 Å². The van der Waals surface area contributed by atoms with Crippen LogP contribution in [0.4, 0.5) is 0 Å². The van der Waals surface area contributed by atoms with Crippen molar-refractivity contribution in [1.29, 1.82) is 0 Å². The Labute approximate surface area is 106 Å². The highest BCUT2D eigenvalue weighted by Gasteiger charge is 2.27. The molecule has 17 heavy (non-hydrogen) atoms. The van der Waals surface area contributed by atoms with E-state index < -0.39 is 0 Å². The zero-order chi connectivity index (χ0) is 12.4. The van der Waals surface area contributed by atoms with Gasteiger partial charge in [0.2, 0.25) is 0 Å². The van der Waals surface area contributed by atoms with Crippen LogP contribution in [0.15, 0.2) is 18.2 Å². The van der Waals surface area contributed by atoms with Gasteiger partial charge in [-0.25, -0.2) is 0 Å². The lowest BCUT2D eigenvalue weighted by Gasteiger charge is -2.18. The normalized spacial score (nSPS) is 19.1. The molecule has 0 spiro atoms. The minimum atomic E-state index is 0.468. The Hall–Kier alpha value is -0.820. The van der Waals surface area contributed by atoms with Crippen molar-refractivity contribution in [2.45, 2.75) is 46.6 Å². The highest BCUT2D eigenvalue weighted by Crippen LogP contribution is 2.36. The van der Waals surface area contributed by atoms with Crippen LogP contribution in [-0.4, -0.2) is 6.54 Å². The number of aryl methyl sites for hydroxylation is 2. The molecule has 1 aliphatic rings. The molecule has 1 aromatic rings. The topological polar surface area (TPSA) is 12.0 Å². The minimum Gasteiger partial charge on any atom is -0.310 e. The third-order valence-corrected chi connectivity index (χ3v) is 4.20. The largest absolute Gasteiger partial charge is 0.310 e. The van der Waals surface area contributed by atoms with Crippen molar-refractivity contribution in [3.8, 4) is 0 Å². The molecule has 0 heterocycles. The van der Waals surface area contributed by atoms with Crippen molar-refractivity contribution < 1.29 is 0 Å². The van der Waals surface area contributed by atoms with Gasteiger partial charge < -0.3 is 5.32 Å². The van der Waals surface area contributed by atoms with E-state index in [1.54, 1.807) is 0 Å². The van der Waals surface area contributed by atoms with Crippen LogP contribution in [-0.2, 0) is 0 Å². The molecule has 1 fully saturated rings. The third-order valence-electron chi connectivity index (χ3n) is 4.20. The van der Waals surface area contributed by atoms with Crippen molar-refractivity contribution in [3.05, 3.63) is 34.9 Å². The van der Waals surface area contributed by atoms with Crippen LogP contribution in [0.25, 0.3) is 0 Å². The lowest BCUT2D eigenvalue weighted by atomic mass is 10.0. The maximum Gasteiger partial charge on any atom is 0.0292 e. The van der Waals surface area contributed by atoms with Crippen molar-refractivity contribution in [1.82, 2.24) is 5.32 Å². The Bertz CT molecular complexity index is 379. The Morgan fingerprint density at radius 3 is 2.47 bits per heavy atom. The van der Waals surface area contributed by atoms with Crippen molar-refractivity contribution in [2.24, 2.45) is 11.8 Å². The summed E-state index contributed by atoms with van der Waals surface area (Å²) in [5, 5.41) is 3.67. The first-order chi connectivity index (χ1) is 8.08. The number of nitrogens with one attached hydrogen (secondary N) is 1. The van der Waals surface area contributed by atoms with E-state index in [0.29, 0.717) is 6.04 Å². The molecule has 0 aliphatic heterocycles. The van der Waals surface area contributed by atoms with Crippen LogP contribution in [0.3, 0.4) is 0 Å². The average Bonchev–Trinajstić information content (AvgIpc) is 3.13. The molecule has 0 bridgehead atoms. The van der Waals surface area contributed by atoms with Crippen molar-refractivity contribution >= 4 is 0 Å². The maximum atomic E-state index is 3.67. The summed E-state index contributed by atoms with van der Waals surface area (Å²) in [6.07, 6.45) is 2.89. The Morgan fingerprint density at radius 2 is 1.88 bits per heavy atom. The second-order valence-electron chi connectivity index (χ2n) is 5.79. The van der Waals surface area contributed by atoms with Gasteiger partial charge in [0.15, 0.2) is 0 Å². The second kappa shape index (κ2) is 5.22. The van der Waals surface area contributed by atoms with E-state index >= 15 is 0 Å². The van der Waals surface area contributed by atoms with Gasteiger partial charge in [-0.3, -0.25) is 0 Å². The van der Waals surface area contributed by atoms with Gasteiger partial charge in [0.1, 0.15) is 0 Å². The smallest absolute Gasteiger partial charge is 0.0292 e. The molecule has 2 unspecified atom stereocenters. The molecule has 2 atom stereocenters. The molecule has 2 rings (SSSR count). The van der Waals surface area contributed by atoms with Crippen LogP contribution in [0.5, 0.6) is 0 Å². The quantitative estimate of drug-likeness (QED) is 0.807. The number of hydrogen-bond acceptors (Lipinski definition) is 1. The first-order valence-corrected chi connectivity index (χ1v) is 6.88. The van der Waals surface area contributed by atoms with E-state index in [0.717, 1.165) is 18.4 Å². The Kier molecular flexibility index (Phi) is 3.88. The summed E-state index contributed by atoms with van der Waals surface area (Å²) in [5.74, 6) is 1.83. The summed E-state index contributed by atoms with van der Waals surface area (Å²) >= 11 is 0. The molecule has 94 valence electrons. The highest BCUT2D eigenvalue weighted by molar-refractivity contribution is 5.31. The zero-order valence-corrected chi connectivity index (χ0v) is 11.6. The SMILES string of the molecule is Cc1ccc(C(C)NCC(C)C2CC2)cc1C. The van der Waals surface area contributed by atoms with E-state index in [1.165, 1.54) is 29.5 Å². The fraction of sp³-hybridized carbons (Fsp3) is 0.625. The number of benzene rings is 1. The van der Waals surface area contributed by atoms with Gasteiger partial charge in [0.25, 0.3) is 0 Å². The van der Waals surface area contributed by atoms with Crippen LogP contribution in [0.2, 0.25) is 0 Å². The van der Waals surface area contributed by atoms with Gasteiger partial charge in [0.05, 0.1) is 0 Å². The molecule has 0 radical (unpaired) electrons. The van der Waals surface area contributed by atoms with Crippen molar-refractivity contribution in [3.63, 3.8) is 0 Å². The van der Waals surface area contributed by atoms with E-state index in [1.807, 2.05) is 0 Å². The van der Waals surface area contributed by atoms with E-state index in [2.05, 4.69) is 51.2 Å². The lowest BCUT2D eigenvalue weighted by molar-refractivity contribution is 0.432. The Balaban J connectivity index is 1.89. The van der Waals surface area contributed by atoms with Gasteiger partial charge in [-0.05, 0) is 68.7 Å². The van der Waals surface area contributed by atoms with Gasteiger partial charge in [-0.2, -0.15) is 0 Å². The molecule has 1 saturated carbocycles. The number of rotatable bonds is 5. The molecule has 1 heteroatoms. The summed E-state index contributed by atoms with van der Waals surface area (Å²) in [6, 6.07) is 7.26. The molecule has 0 saturated heterocycles. The fourth-order valence-corrected chi connectivity index (χ4v) is 2.35. The van der Waals surface area contributed by atoms with Crippen molar-refractivity contribution in [2.75, 3.05) is 6.54 Å². The average molecular weight is 231 g/mol. The minimum absolute atomic E-state index is 0.468. The third kappa shape index (κ3) is 3.32. The summed E-state index contributed by atoms with van der Waals surface area (Å²) in [7, 11) is 0. The molecule has 0 aromatic heterocycles. The molecular formula is C16H25N. The van der Waals surface area contributed by atoms with Gasteiger partial charge >= 0.3 is 0 Å². The lowest BCUT2D eigenvalue weighted by Crippen LogP contribution is -2.25.